The lowest BCUT2D eigenvalue weighted by Crippen LogP contribution is -2.49. The highest BCUT2D eigenvalue weighted by Crippen LogP contribution is 2.61. The number of hydrogen-bond acceptors (Lipinski definition) is 1. The second-order valence-corrected chi connectivity index (χ2v) is 4.32. The zero-order valence-electron chi connectivity index (χ0n) is 7.39. The maximum atomic E-state index is 11.4. The zero-order chi connectivity index (χ0) is 8.06. The molecule has 0 bridgehead atoms. The van der Waals surface area contributed by atoms with E-state index in [9.17, 15) is 4.79 Å². The average molecular weight is 152 g/mol. The highest BCUT2D eigenvalue weighted by Gasteiger charge is 2.57. The van der Waals surface area contributed by atoms with Crippen molar-refractivity contribution < 1.29 is 4.79 Å². The van der Waals surface area contributed by atoms with E-state index in [0.29, 0.717) is 11.7 Å². The maximum absolute atomic E-state index is 11.4. The normalized spacial score (nSPS) is 48.2. The molecular formula is C10H16O. The van der Waals surface area contributed by atoms with E-state index in [1.54, 1.807) is 6.92 Å². The number of hydrogen-bond donors (Lipinski definition) is 0. The predicted octanol–water partition coefficient (Wildman–Crippen LogP) is 2.40. The van der Waals surface area contributed by atoms with Crippen LogP contribution < -0.4 is 0 Å². The molecule has 2 saturated carbocycles. The summed E-state index contributed by atoms with van der Waals surface area (Å²) in [5.41, 5.74) is 0.153. The third-order valence-electron chi connectivity index (χ3n) is 4.04. The van der Waals surface area contributed by atoms with Gasteiger partial charge in [-0.1, -0.05) is 13.3 Å². The first-order valence-corrected chi connectivity index (χ1v) is 4.69. The number of fused-ring (bicyclic) bond motifs is 1. The minimum Gasteiger partial charge on any atom is -0.299 e. The fourth-order valence-corrected chi connectivity index (χ4v) is 3.37. The smallest absolute Gasteiger partial charge is 0.136 e. The van der Waals surface area contributed by atoms with Crippen LogP contribution in [0.25, 0.3) is 0 Å². The molecule has 2 aliphatic rings. The molecule has 0 spiro atoms. The van der Waals surface area contributed by atoms with Crippen molar-refractivity contribution in [1.82, 2.24) is 0 Å². The lowest BCUT2D eigenvalue weighted by molar-refractivity contribution is -0.141. The number of ketones is 1. The van der Waals surface area contributed by atoms with Gasteiger partial charge in [0.15, 0.2) is 0 Å². The van der Waals surface area contributed by atoms with Crippen molar-refractivity contribution in [2.24, 2.45) is 17.3 Å². The molecule has 2 fully saturated rings. The predicted molar refractivity (Wildman–Crippen MR) is 44.2 cm³/mol. The van der Waals surface area contributed by atoms with Gasteiger partial charge in [-0.3, -0.25) is 4.79 Å². The Morgan fingerprint density at radius 3 is 2.64 bits per heavy atom. The summed E-state index contributed by atoms with van der Waals surface area (Å²) in [6.45, 7) is 4.03. The molecule has 0 N–H and O–H groups in total. The second-order valence-electron chi connectivity index (χ2n) is 4.32. The van der Waals surface area contributed by atoms with Gasteiger partial charge in [0, 0.05) is 5.41 Å². The molecule has 2 rings (SSSR count). The van der Waals surface area contributed by atoms with Gasteiger partial charge in [-0.2, -0.15) is 0 Å². The van der Waals surface area contributed by atoms with Crippen LogP contribution in [-0.2, 0) is 4.79 Å². The van der Waals surface area contributed by atoms with Crippen LogP contribution in [0.3, 0.4) is 0 Å². The summed E-state index contributed by atoms with van der Waals surface area (Å²) in [4.78, 5) is 11.4. The number of carbonyl (C=O) groups excluding carboxylic acids is 1. The first kappa shape index (κ1) is 7.33. The van der Waals surface area contributed by atoms with Gasteiger partial charge in [0.1, 0.15) is 5.78 Å². The lowest BCUT2D eigenvalue weighted by atomic mass is 9.53. The van der Waals surface area contributed by atoms with Gasteiger partial charge in [0.2, 0.25) is 0 Å². The number of carbonyl (C=O) groups is 1. The lowest BCUT2D eigenvalue weighted by Gasteiger charge is -2.49. The molecule has 0 heterocycles. The van der Waals surface area contributed by atoms with Gasteiger partial charge in [-0.25, -0.2) is 0 Å². The fraction of sp³-hybridized carbons (Fsp3) is 0.900. The topological polar surface area (TPSA) is 17.1 Å². The molecule has 0 aromatic rings. The summed E-state index contributed by atoms with van der Waals surface area (Å²) in [7, 11) is 0. The first-order chi connectivity index (χ1) is 5.18. The van der Waals surface area contributed by atoms with Crippen molar-refractivity contribution >= 4 is 5.78 Å². The fourth-order valence-electron chi connectivity index (χ4n) is 3.37. The summed E-state index contributed by atoms with van der Waals surface area (Å²) in [5.74, 6) is 1.89. The zero-order valence-corrected chi connectivity index (χ0v) is 7.39. The highest BCUT2D eigenvalue weighted by molar-refractivity contribution is 5.84. The van der Waals surface area contributed by atoms with Gasteiger partial charge in [-0.05, 0) is 38.0 Å². The molecule has 0 aromatic carbocycles. The third kappa shape index (κ3) is 0.692. The van der Waals surface area contributed by atoms with E-state index in [2.05, 4.69) is 6.92 Å². The minimum absolute atomic E-state index is 0.153. The summed E-state index contributed by atoms with van der Waals surface area (Å²) >= 11 is 0. The molecule has 0 radical (unpaired) electrons. The minimum atomic E-state index is 0.153. The van der Waals surface area contributed by atoms with Gasteiger partial charge >= 0.3 is 0 Å². The SMILES string of the molecule is CC(=O)C12CCCC1CC2C. The maximum Gasteiger partial charge on any atom is 0.136 e. The van der Waals surface area contributed by atoms with E-state index in [0.717, 1.165) is 5.92 Å². The molecule has 1 heteroatoms. The first-order valence-electron chi connectivity index (χ1n) is 4.69. The second kappa shape index (κ2) is 2.09. The van der Waals surface area contributed by atoms with Gasteiger partial charge in [-0.15, -0.1) is 0 Å². The molecule has 0 aromatic heterocycles. The monoisotopic (exact) mass is 152 g/mol. The van der Waals surface area contributed by atoms with Crippen LogP contribution in [0.5, 0.6) is 0 Å². The van der Waals surface area contributed by atoms with Gasteiger partial charge < -0.3 is 0 Å². The van der Waals surface area contributed by atoms with E-state index in [-0.39, 0.29) is 5.41 Å². The standard InChI is InChI=1S/C10H16O/c1-7-6-9-4-3-5-10(7,9)8(2)11/h7,9H,3-6H2,1-2H3. The van der Waals surface area contributed by atoms with Crippen molar-refractivity contribution in [2.45, 2.75) is 39.5 Å². The summed E-state index contributed by atoms with van der Waals surface area (Å²) < 4.78 is 0. The van der Waals surface area contributed by atoms with Crippen molar-refractivity contribution in [3.63, 3.8) is 0 Å². The number of rotatable bonds is 1. The van der Waals surface area contributed by atoms with Crippen molar-refractivity contribution in [2.75, 3.05) is 0 Å². The Kier molecular flexibility index (Phi) is 1.39. The molecule has 62 valence electrons. The molecule has 11 heavy (non-hydrogen) atoms. The molecule has 3 unspecified atom stereocenters. The van der Waals surface area contributed by atoms with Crippen LogP contribution in [0.2, 0.25) is 0 Å². The van der Waals surface area contributed by atoms with Crippen molar-refractivity contribution in [3.8, 4) is 0 Å². The largest absolute Gasteiger partial charge is 0.299 e. The molecule has 0 saturated heterocycles. The van der Waals surface area contributed by atoms with Crippen LogP contribution in [0, 0.1) is 17.3 Å². The van der Waals surface area contributed by atoms with Crippen LogP contribution in [-0.4, -0.2) is 5.78 Å². The van der Waals surface area contributed by atoms with Crippen LogP contribution in [0.15, 0.2) is 0 Å². The Morgan fingerprint density at radius 2 is 2.27 bits per heavy atom. The molecule has 1 nitrogen and oxygen atoms in total. The summed E-state index contributed by atoms with van der Waals surface area (Å²) in [6.07, 6.45) is 5.08. The van der Waals surface area contributed by atoms with Gasteiger partial charge in [0.05, 0.1) is 0 Å². The molecule has 0 amide bonds. The molecular weight excluding hydrogens is 136 g/mol. The van der Waals surface area contributed by atoms with Crippen LogP contribution in [0.1, 0.15) is 39.5 Å². The van der Waals surface area contributed by atoms with Crippen molar-refractivity contribution in [3.05, 3.63) is 0 Å². The molecule has 2 aliphatic carbocycles. The van der Waals surface area contributed by atoms with Gasteiger partial charge in [0.25, 0.3) is 0 Å². The van der Waals surface area contributed by atoms with Crippen molar-refractivity contribution in [1.29, 1.82) is 0 Å². The molecule has 0 aliphatic heterocycles. The van der Waals surface area contributed by atoms with E-state index in [1.807, 2.05) is 0 Å². The highest BCUT2D eigenvalue weighted by atomic mass is 16.1. The Morgan fingerprint density at radius 1 is 1.55 bits per heavy atom. The number of Topliss-reactive ketones (excluding diaryl/α,β-unsaturated/α-hetero) is 1. The third-order valence-corrected chi connectivity index (χ3v) is 4.04. The van der Waals surface area contributed by atoms with E-state index in [4.69, 9.17) is 0 Å². The van der Waals surface area contributed by atoms with Crippen LogP contribution >= 0.6 is 0 Å². The summed E-state index contributed by atoms with van der Waals surface area (Å²) in [6, 6.07) is 0. The van der Waals surface area contributed by atoms with E-state index >= 15 is 0 Å². The van der Waals surface area contributed by atoms with E-state index in [1.165, 1.54) is 25.7 Å². The Balaban J connectivity index is 2.26. The average Bonchev–Trinajstić information content (AvgIpc) is 2.26. The summed E-state index contributed by atoms with van der Waals surface area (Å²) in [5, 5.41) is 0. The Labute approximate surface area is 68.2 Å². The molecule has 3 atom stereocenters. The van der Waals surface area contributed by atoms with E-state index < -0.39 is 0 Å². The quantitative estimate of drug-likeness (QED) is 0.564. The Hall–Kier alpha value is -0.330. The van der Waals surface area contributed by atoms with Crippen LogP contribution in [0.4, 0.5) is 0 Å². The Bertz CT molecular complexity index is 197.